The molecule has 8 rings (SSSR count). The van der Waals surface area contributed by atoms with Gasteiger partial charge in [0.1, 0.15) is 17.9 Å². The van der Waals surface area contributed by atoms with Crippen molar-refractivity contribution in [3.63, 3.8) is 0 Å². The van der Waals surface area contributed by atoms with Gasteiger partial charge in [0.15, 0.2) is 10.3 Å². The molecule has 18 heteroatoms. The van der Waals surface area contributed by atoms with Crippen molar-refractivity contribution in [3.05, 3.63) is 124 Å². The Morgan fingerprint density at radius 3 is 1.37 bits per heavy atom. The molecule has 302 valence electrons. The summed E-state index contributed by atoms with van der Waals surface area (Å²) < 4.78 is 60.0. The van der Waals surface area contributed by atoms with E-state index in [9.17, 15) is 27.4 Å². The molecule has 6 aromatic rings. The molecule has 0 aliphatic carbocycles. The highest BCUT2D eigenvalue weighted by Crippen LogP contribution is 2.32. The van der Waals surface area contributed by atoms with E-state index in [1.54, 1.807) is 42.7 Å². The Bertz CT molecular complexity index is 2710. The van der Waals surface area contributed by atoms with Crippen LogP contribution in [0.4, 0.5) is 10.3 Å². The first-order chi connectivity index (χ1) is 28.5. The lowest BCUT2D eigenvalue weighted by molar-refractivity contribution is 0.384. The number of hydrogen-bond acceptors (Lipinski definition) is 13. The van der Waals surface area contributed by atoms with E-state index in [1.165, 1.54) is 44.2 Å². The Morgan fingerprint density at radius 2 is 0.983 bits per heavy atom. The maximum atomic E-state index is 13.0. The minimum atomic E-state index is -3.70. The van der Waals surface area contributed by atoms with E-state index in [4.69, 9.17) is 26.3 Å². The van der Waals surface area contributed by atoms with Crippen molar-refractivity contribution in [2.24, 2.45) is 0 Å². The Balaban J connectivity index is 0.000000179. The second kappa shape index (κ2) is 18.3. The molecule has 4 heterocycles. The molecule has 2 saturated heterocycles. The molecule has 0 amide bonds. The van der Waals surface area contributed by atoms with Crippen LogP contribution in [0.2, 0.25) is 5.02 Å². The van der Waals surface area contributed by atoms with Gasteiger partial charge in [-0.15, -0.1) is 22.7 Å². The molecule has 0 atom stereocenters. The largest absolute Gasteiger partial charge is 0.497 e. The standard InChI is InChI=1S/C21H20N4O3S2.C20H17ClN4O2S2/c1-28-18-8-6-16(7-9-18)19-15-29-21(23-19)24-10-12-25(13-11-24)30(26,27)20-5-3-2-4-17(20)14-22;21-17-7-5-15(6-8-17)18-14-28-20(23-18)24-9-11-25(12-10-24)29(26,27)19-4-2-1-3-16(19)13-22/h2-9,15H,10-13H2,1H3;1-8,14H,9-12H2. The number of ether oxygens (including phenoxy) is 1. The van der Waals surface area contributed by atoms with Crippen LogP contribution in [0.5, 0.6) is 5.75 Å². The molecule has 13 nitrogen and oxygen atoms in total. The van der Waals surface area contributed by atoms with Crippen LogP contribution in [0.3, 0.4) is 0 Å². The minimum absolute atomic E-state index is 0.0650. The summed E-state index contributed by atoms with van der Waals surface area (Å²) in [4.78, 5) is 13.7. The number of methoxy groups -OCH3 is 1. The van der Waals surface area contributed by atoms with Crippen LogP contribution in [0.25, 0.3) is 22.5 Å². The van der Waals surface area contributed by atoms with E-state index in [1.807, 2.05) is 71.4 Å². The third-order valence-electron chi connectivity index (χ3n) is 9.78. The highest BCUT2D eigenvalue weighted by Gasteiger charge is 2.32. The van der Waals surface area contributed by atoms with Gasteiger partial charge < -0.3 is 14.5 Å². The van der Waals surface area contributed by atoms with Crippen molar-refractivity contribution in [1.82, 2.24) is 18.6 Å². The summed E-state index contributed by atoms with van der Waals surface area (Å²) in [5.74, 6) is 0.796. The molecular formula is C41H37ClN8O5S4. The van der Waals surface area contributed by atoms with Crippen LogP contribution in [-0.2, 0) is 20.0 Å². The van der Waals surface area contributed by atoms with E-state index < -0.39 is 20.0 Å². The van der Waals surface area contributed by atoms with Gasteiger partial charge >= 0.3 is 0 Å². The number of nitrogens with zero attached hydrogens (tertiary/aromatic N) is 8. The van der Waals surface area contributed by atoms with Gasteiger partial charge in [0.2, 0.25) is 20.0 Å². The van der Waals surface area contributed by atoms with E-state index in [0.29, 0.717) is 57.4 Å². The third kappa shape index (κ3) is 9.27. The highest BCUT2D eigenvalue weighted by molar-refractivity contribution is 7.89. The topological polar surface area (TPSA) is 164 Å². The van der Waals surface area contributed by atoms with Crippen molar-refractivity contribution in [2.75, 3.05) is 69.3 Å². The van der Waals surface area contributed by atoms with Crippen molar-refractivity contribution in [1.29, 1.82) is 10.5 Å². The van der Waals surface area contributed by atoms with E-state index in [2.05, 4.69) is 9.80 Å². The van der Waals surface area contributed by atoms with E-state index in [-0.39, 0.29) is 20.9 Å². The fourth-order valence-electron chi connectivity index (χ4n) is 6.55. The van der Waals surface area contributed by atoms with Gasteiger partial charge in [0.25, 0.3) is 0 Å². The molecular weight excluding hydrogens is 848 g/mol. The predicted octanol–water partition coefficient (Wildman–Crippen LogP) is 7.05. The van der Waals surface area contributed by atoms with Crippen LogP contribution in [-0.4, -0.2) is 94.9 Å². The van der Waals surface area contributed by atoms with Crippen LogP contribution in [0.15, 0.2) is 118 Å². The first kappa shape index (κ1) is 41.8. The summed E-state index contributed by atoms with van der Waals surface area (Å²) in [6.07, 6.45) is 0. The molecule has 2 fully saturated rings. The van der Waals surface area contributed by atoms with Crippen LogP contribution in [0.1, 0.15) is 11.1 Å². The fraction of sp³-hybridized carbons (Fsp3) is 0.220. The van der Waals surface area contributed by atoms with Crippen molar-refractivity contribution in [3.8, 4) is 40.4 Å². The Morgan fingerprint density at radius 1 is 0.593 bits per heavy atom. The second-order valence-corrected chi connectivity index (χ2v) is 19.2. The SMILES string of the molecule is COc1ccc(-c2csc(N3CCN(S(=O)(=O)c4ccccc4C#N)CC3)n2)cc1.N#Cc1ccccc1S(=O)(=O)N1CCN(c2nc(-c3ccc(Cl)cc3)cs2)CC1. The molecule has 0 saturated carbocycles. The number of piperazine rings is 2. The van der Waals surface area contributed by atoms with Gasteiger partial charge in [-0.05, 0) is 60.7 Å². The maximum Gasteiger partial charge on any atom is 0.244 e. The lowest BCUT2D eigenvalue weighted by Crippen LogP contribution is -2.48. The summed E-state index contributed by atoms with van der Waals surface area (Å²) in [6.45, 7) is 3.56. The molecule has 0 radical (unpaired) electrons. The van der Waals surface area contributed by atoms with Gasteiger partial charge in [-0.1, -0.05) is 48.0 Å². The fourth-order valence-corrected chi connectivity index (χ4v) is 11.6. The van der Waals surface area contributed by atoms with Gasteiger partial charge in [0, 0.05) is 79.3 Å². The number of halogens is 1. The van der Waals surface area contributed by atoms with Crippen molar-refractivity contribution in [2.45, 2.75) is 9.79 Å². The van der Waals surface area contributed by atoms with Gasteiger partial charge in [-0.2, -0.15) is 19.1 Å². The normalized spacial score (nSPS) is 15.1. The Hall–Kier alpha value is -5.37. The van der Waals surface area contributed by atoms with Gasteiger partial charge in [0.05, 0.1) is 39.4 Å². The zero-order valence-electron chi connectivity index (χ0n) is 31.7. The van der Waals surface area contributed by atoms with Gasteiger partial charge in [-0.25, -0.2) is 26.8 Å². The lowest BCUT2D eigenvalue weighted by atomic mass is 10.2. The number of hydrogen-bond donors (Lipinski definition) is 0. The number of benzene rings is 4. The zero-order chi connectivity index (χ0) is 41.6. The number of nitriles is 2. The van der Waals surface area contributed by atoms with E-state index >= 15 is 0 Å². The maximum absolute atomic E-state index is 13.0. The molecule has 0 unspecified atom stereocenters. The average Bonchev–Trinajstić information content (AvgIpc) is 3.99. The molecule has 2 aromatic heterocycles. The smallest absolute Gasteiger partial charge is 0.244 e. The second-order valence-electron chi connectivity index (χ2n) is 13.3. The molecule has 0 spiro atoms. The molecule has 2 aliphatic heterocycles. The molecule has 4 aromatic carbocycles. The molecule has 0 N–H and O–H groups in total. The number of rotatable bonds is 9. The zero-order valence-corrected chi connectivity index (χ0v) is 35.7. The van der Waals surface area contributed by atoms with Crippen LogP contribution < -0.4 is 14.5 Å². The Labute approximate surface area is 356 Å². The molecule has 59 heavy (non-hydrogen) atoms. The first-order valence-corrected chi connectivity index (χ1v) is 23.3. The minimum Gasteiger partial charge on any atom is -0.497 e. The van der Waals surface area contributed by atoms with Gasteiger partial charge in [-0.3, -0.25) is 0 Å². The summed E-state index contributed by atoms with van der Waals surface area (Å²) in [5.41, 5.74) is 4.10. The van der Waals surface area contributed by atoms with Crippen LogP contribution >= 0.6 is 34.3 Å². The monoisotopic (exact) mass is 884 g/mol. The summed E-state index contributed by atoms with van der Waals surface area (Å²) in [7, 11) is -5.76. The average molecular weight is 886 g/mol. The summed E-state index contributed by atoms with van der Waals surface area (Å²) >= 11 is 9.02. The molecule has 2 aliphatic rings. The number of sulfonamides is 2. The number of thiazole rings is 2. The first-order valence-electron chi connectivity index (χ1n) is 18.3. The Kier molecular flexibility index (Phi) is 12.9. The number of aromatic nitrogens is 2. The molecule has 0 bridgehead atoms. The quantitative estimate of drug-likeness (QED) is 0.146. The van der Waals surface area contributed by atoms with Crippen molar-refractivity contribution < 1.29 is 21.6 Å². The highest BCUT2D eigenvalue weighted by atomic mass is 35.5. The summed E-state index contributed by atoms with van der Waals surface area (Å²) in [6, 6.07) is 31.8. The van der Waals surface area contributed by atoms with Crippen LogP contribution in [0, 0.1) is 22.7 Å². The number of anilines is 2. The summed E-state index contributed by atoms with van der Waals surface area (Å²) in [5, 5.41) is 24.9. The lowest BCUT2D eigenvalue weighted by Gasteiger charge is -2.33. The third-order valence-corrected chi connectivity index (χ3v) is 15.7. The predicted molar refractivity (Wildman–Crippen MR) is 231 cm³/mol. The van der Waals surface area contributed by atoms with E-state index in [0.717, 1.165) is 38.5 Å². The van der Waals surface area contributed by atoms with Crippen molar-refractivity contribution >= 4 is 64.6 Å².